The average molecular weight is 151 g/mol. The standard InChI is InChI=1S/C6H5N3O2/c10-4-3-5(11)9-2-1-7-6(9)8-4/h1H,2-3H2. The molecule has 2 rings (SSSR count). The van der Waals surface area contributed by atoms with E-state index < -0.39 is 5.91 Å². The maximum Gasteiger partial charge on any atom is 0.258 e. The van der Waals surface area contributed by atoms with Crippen molar-refractivity contribution in [1.29, 1.82) is 0 Å². The summed E-state index contributed by atoms with van der Waals surface area (Å²) in [5, 5.41) is 0. The third-order valence-corrected chi connectivity index (χ3v) is 1.54. The first-order valence-corrected chi connectivity index (χ1v) is 3.22. The molecule has 2 aliphatic heterocycles. The predicted molar refractivity (Wildman–Crippen MR) is 37.3 cm³/mol. The number of carbonyl (C=O) groups excluding carboxylic acids is 2. The maximum atomic E-state index is 11.0. The number of guanidine groups is 1. The smallest absolute Gasteiger partial charge is 0.258 e. The third kappa shape index (κ3) is 0.849. The Morgan fingerprint density at radius 3 is 3.09 bits per heavy atom. The lowest BCUT2D eigenvalue weighted by atomic mass is 10.3. The zero-order chi connectivity index (χ0) is 7.84. The summed E-state index contributed by atoms with van der Waals surface area (Å²) in [6.45, 7) is 0.449. The maximum absolute atomic E-state index is 11.0. The second kappa shape index (κ2) is 1.98. The van der Waals surface area contributed by atoms with E-state index in [4.69, 9.17) is 0 Å². The van der Waals surface area contributed by atoms with E-state index in [2.05, 4.69) is 9.98 Å². The van der Waals surface area contributed by atoms with Crippen molar-refractivity contribution in [2.75, 3.05) is 6.54 Å². The van der Waals surface area contributed by atoms with Gasteiger partial charge in [-0.3, -0.25) is 14.5 Å². The van der Waals surface area contributed by atoms with Crippen LogP contribution >= 0.6 is 0 Å². The normalized spacial score (nSPS) is 22.2. The monoisotopic (exact) mass is 151 g/mol. The molecule has 0 atom stereocenters. The van der Waals surface area contributed by atoms with Crippen LogP contribution in [-0.2, 0) is 9.59 Å². The largest absolute Gasteiger partial charge is 0.275 e. The average Bonchev–Trinajstić information content (AvgIpc) is 2.34. The number of amides is 2. The first-order chi connectivity index (χ1) is 5.27. The van der Waals surface area contributed by atoms with Crippen molar-refractivity contribution in [3.05, 3.63) is 0 Å². The summed E-state index contributed by atoms with van der Waals surface area (Å²) in [4.78, 5) is 30.5. The van der Waals surface area contributed by atoms with Crippen LogP contribution in [0.2, 0.25) is 0 Å². The van der Waals surface area contributed by atoms with Crippen molar-refractivity contribution in [2.24, 2.45) is 9.98 Å². The zero-order valence-electron chi connectivity index (χ0n) is 5.65. The lowest BCUT2D eigenvalue weighted by molar-refractivity contribution is -0.132. The van der Waals surface area contributed by atoms with Crippen molar-refractivity contribution in [2.45, 2.75) is 6.42 Å². The summed E-state index contributed by atoms with van der Waals surface area (Å²) >= 11 is 0. The molecule has 0 radical (unpaired) electrons. The van der Waals surface area contributed by atoms with Gasteiger partial charge in [0.25, 0.3) is 5.91 Å². The van der Waals surface area contributed by atoms with Crippen LogP contribution in [0, 0.1) is 0 Å². The van der Waals surface area contributed by atoms with Crippen LogP contribution in [0.4, 0.5) is 0 Å². The van der Waals surface area contributed by atoms with Crippen LogP contribution in [0.25, 0.3) is 0 Å². The van der Waals surface area contributed by atoms with Gasteiger partial charge in [0, 0.05) is 6.21 Å². The van der Waals surface area contributed by atoms with Crippen molar-refractivity contribution >= 4 is 24.0 Å². The molecule has 11 heavy (non-hydrogen) atoms. The van der Waals surface area contributed by atoms with Crippen LogP contribution in [-0.4, -0.2) is 35.4 Å². The number of rotatable bonds is 0. The molecule has 5 heteroatoms. The van der Waals surface area contributed by atoms with Crippen LogP contribution in [0.3, 0.4) is 0 Å². The number of hydrogen-bond donors (Lipinski definition) is 0. The van der Waals surface area contributed by atoms with E-state index in [0.717, 1.165) is 0 Å². The van der Waals surface area contributed by atoms with E-state index in [1.165, 1.54) is 4.90 Å². The van der Waals surface area contributed by atoms with Gasteiger partial charge in [0.15, 0.2) is 0 Å². The molecule has 2 amide bonds. The molecule has 0 bridgehead atoms. The van der Waals surface area contributed by atoms with E-state index in [1.54, 1.807) is 6.21 Å². The molecule has 0 N–H and O–H groups in total. The minimum atomic E-state index is -0.402. The molecule has 0 aromatic carbocycles. The minimum Gasteiger partial charge on any atom is -0.275 e. The van der Waals surface area contributed by atoms with Crippen molar-refractivity contribution < 1.29 is 9.59 Å². The highest BCUT2D eigenvalue weighted by molar-refractivity contribution is 6.17. The molecule has 0 spiro atoms. The molecular formula is C6H5N3O2. The highest BCUT2D eigenvalue weighted by Gasteiger charge is 2.29. The minimum absolute atomic E-state index is 0.118. The summed E-state index contributed by atoms with van der Waals surface area (Å²) in [7, 11) is 0. The Hall–Kier alpha value is -1.52. The zero-order valence-corrected chi connectivity index (χ0v) is 5.65. The van der Waals surface area contributed by atoms with Crippen LogP contribution in [0.5, 0.6) is 0 Å². The molecule has 0 aromatic heterocycles. The van der Waals surface area contributed by atoms with E-state index >= 15 is 0 Å². The number of fused-ring (bicyclic) bond motifs is 1. The topological polar surface area (TPSA) is 62.1 Å². The van der Waals surface area contributed by atoms with Crippen LogP contribution in [0.1, 0.15) is 6.42 Å². The molecular weight excluding hydrogens is 146 g/mol. The highest BCUT2D eigenvalue weighted by Crippen LogP contribution is 2.09. The summed E-state index contributed by atoms with van der Waals surface area (Å²) in [5.74, 6) is -0.371. The van der Waals surface area contributed by atoms with Crippen molar-refractivity contribution in [1.82, 2.24) is 4.90 Å². The molecule has 56 valence electrons. The first kappa shape index (κ1) is 6.21. The molecule has 0 aromatic rings. The second-order valence-electron chi connectivity index (χ2n) is 2.30. The summed E-state index contributed by atoms with van der Waals surface area (Å²) < 4.78 is 0. The Morgan fingerprint density at radius 2 is 2.27 bits per heavy atom. The highest BCUT2D eigenvalue weighted by atomic mass is 16.2. The van der Waals surface area contributed by atoms with Gasteiger partial charge in [-0.25, -0.2) is 4.99 Å². The lowest BCUT2D eigenvalue weighted by Crippen LogP contribution is -2.38. The first-order valence-electron chi connectivity index (χ1n) is 3.22. The Bertz CT molecular complexity index is 292. The molecule has 0 saturated heterocycles. The van der Waals surface area contributed by atoms with Gasteiger partial charge in [0.1, 0.15) is 6.42 Å². The van der Waals surface area contributed by atoms with Crippen LogP contribution in [0.15, 0.2) is 9.98 Å². The van der Waals surface area contributed by atoms with Crippen molar-refractivity contribution in [3.63, 3.8) is 0 Å². The van der Waals surface area contributed by atoms with Gasteiger partial charge < -0.3 is 0 Å². The van der Waals surface area contributed by atoms with Crippen molar-refractivity contribution in [3.8, 4) is 0 Å². The predicted octanol–water partition coefficient (Wildman–Crippen LogP) is -0.814. The second-order valence-corrected chi connectivity index (χ2v) is 2.30. The Kier molecular flexibility index (Phi) is 1.12. The van der Waals surface area contributed by atoms with E-state index in [9.17, 15) is 9.59 Å². The van der Waals surface area contributed by atoms with Gasteiger partial charge in [0.2, 0.25) is 11.9 Å². The van der Waals surface area contributed by atoms with E-state index in [-0.39, 0.29) is 18.3 Å². The molecule has 0 aliphatic carbocycles. The van der Waals surface area contributed by atoms with Gasteiger partial charge >= 0.3 is 0 Å². The number of nitrogens with zero attached hydrogens (tertiary/aromatic N) is 3. The molecule has 0 fully saturated rings. The number of hydrogen-bond acceptors (Lipinski definition) is 3. The molecule has 0 saturated carbocycles. The molecule has 0 unspecified atom stereocenters. The summed E-state index contributed by atoms with van der Waals surface area (Å²) in [6, 6.07) is 0. The van der Waals surface area contributed by atoms with Gasteiger partial charge in [0.05, 0.1) is 6.54 Å². The Balaban J connectivity index is 2.40. The van der Waals surface area contributed by atoms with Gasteiger partial charge in [-0.05, 0) is 0 Å². The summed E-state index contributed by atoms with van der Waals surface area (Å²) in [5.41, 5.74) is 0. The summed E-state index contributed by atoms with van der Waals surface area (Å²) in [6.07, 6.45) is 1.45. The third-order valence-electron chi connectivity index (χ3n) is 1.54. The molecule has 2 aliphatic rings. The quantitative estimate of drug-likeness (QED) is 0.425. The Labute approximate surface area is 62.4 Å². The molecule has 2 heterocycles. The number of aliphatic imine (C=N–C) groups is 2. The van der Waals surface area contributed by atoms with Crippen LogP contribution < -0.4 is 0 Å². The lowest BCUT2D eigenvalue weighted by Gasteiger charge is -2.17. The Morgan fingerprint density at radius 1 is 1.45 bits per heavy atom. The number of carbonyl (C=O) groups is 2. The van der Waals surface area contributed by atoms with Gasteiger partial charge in [-0.2, -0.15) is 4.99 Å². The fraction of sp³-hybridized carbons (Fsp3) is 0.333. The van der Waals surface area contributed by atoms with Gasteiger partial charge in [-0.1, -0.05) is 0 Å². The fourth-order valence-electron chi connectivity index (χ4n) is 1.03. The fourth-order valence-corrected chi connectivity index (χ4v) is 1.03. The molecule has 5 nitrogen and oxygen atoms in total. The van der Waals surface area contributed by atoms with Gasteiger partial charge in [-0.15, -0.1) is 0 Å². The van der Waals surface area contributed by atoms with E-state index in [1.807, 2.05) is 0 Å². The SMILES string of the molecule is O=C1CC(=O)N2CC=NC2=N1. The van der Waals surface area contributed by atoms with E-state index in [0.29, 0.717) is 6.54 Å².